The highest BCUT2D eigenvalue weighted by Crippen LogP contribution is 2.17. The molecule has 1 fully saturated rings. The molecule has 16 heavy (non-hydrogen) atoms. The lowest BCUT2D eigenvalue weighted by molar-refractivity contribution is -0.136. The third-order valence-electron chi connectivity index (χ3n) is 2.51. The maximum Gasteiger partial charge on any atom is 0.309 e. The van der Waals surface area contributed by atoms with Crippen molar-refractivity contribution in [3.8, 4) is 0 Å². The number of hydrogen-bond donors (Lipinski definition) is 1. The molecule has 1 saturated heterocycles. The standard InChI is InChI=1S/C10H14N2O3S/c13-10(14)5-8-9(16-7-11-8)6-12-1-3-15-4-2-12/h7H,1-6H2,(H,13,14). The van der Waals surface area contributed by atoms with Gasteiger partial charge in [0.2, 0.25) is 0 Å². The minimum atomic E-state index is -0.825. The molecule has 0 spiro atoms. The Labute approximate surface area is 97.7 Å². The molecular weight excluding hydrogens is 228 g/mol. The van der Waals surface area contributed by atoms with Crippen LogP contribution in [0.25, 0.3) is 0 Å². The lowest BCUT2D eigenvalue weighted by Crippen LogP contribution is -2.35. The largest absolute Gasteiger partial charge is 0.481 e. The van der Waals surface area contributed by atoms with Gasteiger partial charge in [-0.05, 0) is 0 Å². The van der Waals surface area contributed by atoms with Crippen LogP contribution in [-0.2, 0) is 22.5 Å². The fourth-order valence-electron chi connectivity index (χ4n) is 1.67. The Balaban J connectivity index is 1.97. The fourth-order valence-corrected chi connectivity index (χ4v) is 2.50. The van der Waals surface area contributed by atoms with Gasteiger partial charge in [-0.25, -0.2) is 4.98 Å². The van der Waals surface area contributed by atoms with Crippen molar-refractivity contribution in [2.45, 2.75) is 13.0 Å². The number of rotatable bonds is 4. The van der Waals surface area contributed by atoms with Gasteiger partial charge in [0.15, 0.2) is 0 Å². The second-order valence-electron chi connectivity index (χ2n) is 3.68. The molecule has 0 atom stereocenters. The number of carboxylic acids is 1. The highest BCUT2D eigenvalue weighted by atomic mass is 32.1. The first-order chi connectivity index (χ1) is 7.75. The van der Waals surface area contributed by atoms with E-state index in [2.05, 4.69) is 9.88 Å². The molecule has 0 aromatic carbocycles. The number of thiazole rings is 1. The van der Waals surface area contributed by atoms with Crippen LogP contribution in [0.1, 0.15) is 10.6 Å². The zero-order valence-electron chi connectivity index (χ0n) is 8.89. The molecule has 0 amide bonds. The average molecular weight is 242 g/mol. The van der Waals surface area contributed by atoms with Gasteiger partial charge in [-0.15, -0.1) is 11.3 Å². The molecule has 1 N–H and O–H groups in total. The van der Waals surface area contributed by atoms with Crippen molar-refractivity contribution < 1.29 is 14.6 Å². The number of aromatic nitrogens is 1. The molecule has 0 bridgehead atoms. The maximum absolute atomic E-state index is 10.6. The van der Waals surface area contributed by atoms with Crippen LogP contribution in [0.3, 0.4) is 0 Å². The molecule has 1 aromatic rings. The lowest BCUT2D eigenvalue weighted by Gasteiger charge is -2.26. The van der Waals surface area contributed by atoms with Crippen LogP contribution in [0.4, 0.5) is 0 Å². The third kappa shape index (κ3) is 3.01. The molecular formula is C10H14N2O3S. The molecule has 1 aliphatic heterocycles. The quantitative estimate of drug-likeness (QED) is 0.837. The number of carbonyl (C=O) groups is 1. The molecule has 1 aromatic heterocycles. The predicted molar refractivity (Wildman–Crippen MR) is 59.5 cm³/mol. The average Bonchev–Trinajstić information content (AvgIpc) is 2.66. The van der Waals surface area contributed by atoms with Crippen molar-refractivity contribution in [1.29, 1.82) is 0 Å². The molecule has 1 aliphatic rings. The Kier molecular flexibility index (Phi) is 3.87. The third-order valence-corrected chi connectivity index (χ3v) is 3.38. The minimum absolute atomic E-state index is 0.0170. The van der Waals surface area contributed by atoms with Crippen molar-refractivity contribution in [3.05, 3.63) is 16.1 Å². The number of ether oxygens (including phenoxy) is 1. The predicted octanol–water partition coefficient (Wildman–Crippen LogP) is 0.602. The van der Waals surface area contributed by atoms with Crippen molar-refractivity contribution in [3.63, 3.8) is 0 Å². The summed E-state index contributed by atoms with van der Waals surface area (Å²) in [5.41, 5.74) is 2.41. The van der Waals surface area contributed by atoms with Crippen molar-refractivity contribution in [1.82, 2.24) is 9.88 Å². The first kappa shape index (κ1) is 11.5. The SMILES string of the molecule is O=C(O)Cc1ncsc1CN1CCOCC1. The van der Waals surface area contributed by atoms with Gasteiger partial charge in [0.1, 0.15) is 0 Å². The van der Waals surface area contributed by atoms with Gasteiger partial charge in [0.05, 0.1) is 30.8 Å². The molecule has 88 valence electrons. The highest BCUT2D eigenvalue weighted by Gasteiger charge is 2.15. The second-order valence-corrected chi connectivity index (χ2v) is 4.62. The van der Waals surface area contributed by atoms with Gasteiger partial charge >= 0.3 is 5.97 Å². The molecule has 6 heteroatoms. The highest BCUT2D eigenvalue weighted by molar-refractivity contribution is 7.09. The Morgan fingerprint density at radius 3 is 3.00 bits per heavy atom. The number of hydrogen-bond acceptors (Lipinski definition) is 5. The molecule has 0 saturated carbocycles. The van der Waals surface area contributed by atoms with Gasteiger partial charge in [0, 0.05) is 24.5 Å². The van der Waals surface area contributed by atoms with E-state index in [-0.39, 0.29) is 6.42 Å². The monoisotopic (exact) mass is 242 g/mol. The number of aliphatic carboxylic acids is 1. The maximum atomic E-state index is 10.6. The summed E-state index contributed by atoms with van der Waals surface area (Å²) in [6.07, 6.45) is 0.0170. The van der Waals surface area contributed by atoms with Gasteiger partial charge in [-0.2, -0.15) is 0 Å². The summed E-state index contributed by atoms with van der Waals surface area (Å²) in [5.74, 6) is -0.825. The number of morpholine rings is 1. The molecule has 0 unspecified atom stereocenters. The van der Waals surface area contributed by atoms with E-state index in [1.54, 1.807) is 5.51 Å². The van der Waals surface area contributed by atoms with Crippen LogP contribution >= 0.6 is 11.3 Å². The fraction of sp³-hybridized carbons (Fsp3) is 0.600. The molecule has 2 rings (SSSR count). The first-order valence-corrected chi connectivity index (χ1v) is 6.07. The smallest absolute Gasteiger partial charge is 0.309 e. The summed E-state index contributed by atoms with van der Waals surface area (Å²) in [6, 6.07) is 0. The Bertz CT molecular complexity index is 361. The van der Waals surface area contributed by atoms with Crippen LogP contribution in [0.2, 0.25) is 0 Å². The van der Waals surface area contributed by atoms with Crippen molar-refractivity contribution >= 4 is 17.3 Å². The van der Waals surface area contributed by atoms with E-state index in [1.165, 1.54) is 11.3 Å². The summed E-state index contributed by atoms with van der Waals surface area (Å²) in [4.78, 5) is 18.1. The van der Waals surface area contributed by atoms with E-state index in [9.17, 15) is 4.79 Å². The molecule has 2 heterocycles. The second kappa shape index (κ2) is 5.38. The molecule has 0 radical (unpaired) electrons. The van der Waals surface area contributed by atoms with E-state index in [1.807, 2.05) is 0 Å². The van der Waals surface area contributed by atoms with Gasteiger partial charge in [-0.3, -0.25) is 9.69 Å². The van der Waals surface area contributed by atoms with Gasteiger partial charge < -0.3 is 9.84 Å². The summed E-state index contributed by atoms with van der Waals surface area (Å²) >= 11 is 1.53. The Morgan fingerprint density at radius 1 is 1.56 bits per heavy atom. The minimum Gasteiger partial charge on any atom is -0.481 e. The summed E-state index contributed by atoms with van der Waals surface area (Å²) in [6.45, 7) is 4.12. The number of carboxylic acid groups (broad SMARTS) is 1. The zero-order valence-corrected chi connectivity index (χ0v) is 9.70. The van der Waals surface area contributed by atoms with Crippen LogP contribution in [0.5, 0.6) is 0 Å². The first-order valence-electron chi connectivity index (χ1n) is 5.19. The normalized spacial score (nSPS) is 17.5. The van der Waals surface area contributed by atoms with Crippen LogP contribution < -0.4 is 0 Å². The van der Waals surface area contributed by atoms with Crippen LogP contribution in [0.15, 0.2) is 5.51 Å². The lowest BCUT2D eigenvalue weighted by atomic mass is 10.2. The number of nitrogens with zero attached hydrogens (tertiary/aromatic N) is 2. The molecule has 0 aliphatic carbocycles. The van der Waals surface area contributed by atoms with Crippen LogP contribution in [0, 0.1) is 0 Å². The van der Waals surface area contributed by atoms with Crippen molar-refractivity contribution in [2.75, 3.05) is 26.3 Å². The van der Waals surface area contributed by atoms with Gasteiger partial charge in [-0.1, -0.05) is 0 Å². The van der Waals surface area contributed by atoms with Gasteiger partial charge in [0.25, 0.3) is 0 Å². The molecule has 5 nitrogen and oxygen atoms in total. The Hall–Kier alpha value is -0.980. The van der Waals surface area contributed by atoms with E-state index < -0.39 is 5.97 Å². The summed E-state index contributed by atoms with van der Waals surface area (Å²) in [5, 5.41) is 8.75. The van der Waals surface area contributed by atoms with E-state index in [0.29, 0.717) is 5.69 Å². The van der Waals surface area contributed by atoms with E-state index in [4.69, 9.17) is 9.84 Å². The van der Waals surface area contributed by atoms with Crippen molar-refractivity contribution in [2.24, 2.45) is 0 Å². The van der Waals surface area contributed by atoms with E-state index >= 15 is 0 Å². The topological polar surface area (TPSA) is 62.7 Å². The zero-order chi connectivity index (χ0) is 11.4. The van der Waals surface area contributed by atoms with Crippen LogP contribution in [-0.4, -0.2) is 47.3 Å². The Morgan fingerprint density at radius 2 is 2.31 bits per heavy atom. The summed E-state index contributed by atoms with van der Waals surface area (Å²) < 4.78 is 5.27. The van der Waals surface area contributed by atoms with E-state index in [0.717, 1.165) is 37.7 Å². The summed E-state index contributed by atoms with van der Waals surface area (Å²) in [7, 11) is 0.